The van der Waals surface area contributed by atoms with Crippen LogP contribution in [0.25, 0.3) is 5.57 Å². The van der Waals surface area contributed by atoms with Crippen LogP contribution < -0.4 is 10.1 Å². The molecule has 0 saturated heterocycles. The summed E-state index contributed by atoms with van der Waals surface area (Å²) in [6.07, 6.45) is -4.83. The summed E-state index contributed by atoms with van der Waals surface area (Å²) in [7, 11) is 0. The molecule has 1 aliphatic rings. The second kappa shape index (κ2) is 8.78. The Labute approximate surface area is 185 Å². The van der Waals surface area contributed by atoms with E-state index >= 15 is 0 Å². The number of hydrogen-bond acceptors (Lipinski definition) is 4. The average molecular weight is 456 g/mol. The first-order valence-electron chi connectivity index (χ1n) is 9.74. The summed E-state index contributed by atoms with van der Waals surface area (Å²) in [6.45, 7) is -0.0716. The van der Waals surface area contributed by atoms with E-state index in [0.29, 0.717) is 11.1 Å². The molecule has 0 unspecified atom stereocenters. The molecule has 3 aromatic rings. The number of rotatable bonds is 6. The van der Waals surface area contributed by atoms with E-state index in [-0.39, 0.29) is 23.5 Å². The Bertz CT molecular complexity index is 1210. The molecule has 5 nitrogen and oxygen atoms in total. The maximum absolute atomic E-state index is 13.2. The number of carbonyl (C=O) groups is 2. The largest absolute Gasteiger partial charge is 0.573 e. The number of carbonyl (C=O) groups excluding carboxylic acids is 2. The molecule has 0 atom stereocenters. The van der Waals surface area contributed by atoms with Gasteiger partial charge in [-0.05, 0) is 47.5 Å². The van der Waals surface area contributed by atoms with E-state index in [0.717, 1.165) is 17.0 Å². The molecule has 1 aliphatic heterocycles. The van der Waals surface area contributed by atoms with Gasteiger partial charge in [0.2, 0.25) is 0 Å². The zero-order chi connectivity index (χ0) is 23.6. The molecule has 2 amide bonds. The Kier molecular flexibility index (Phi) is 5.87. The lowest BCUT2D eigenvalue weighted by molar-refractivity contribution is -0.274. The van der Waals surface area contributed by atoms with Crippen LogP contribution >= 0.6 is 0 Å². The van der Waals surface area contributed by atoms with Crippen molar-refractivity contribution in [3.05, 3.63) is 102 Å². The first-order valence-corrected chi connectivity index (χ1v) is 9.74. The summed E-state index contributed by atoms with van der Waals surface area (Å²) in [5.74, 6) is -2.02. The first kappa shape index (κ1) is 22.1. The van der Waals surface area contributed by atoms with Gasteiger partial charge in [-0.15, -0.1) is 13.2 Å². The van der Waals surface area contributed by atoms with Gasteiger partial charge in [0.05, 0.1) is 12.1 Å². The predicted octanol–water partition coefficient (Wildman–Crippen LogP) is 5.12. The molecule has 168 valence electrons. The molecule has 0 radical (unpaired) electrons. The first-order chi connectivity index (χ1) is 15.7. The molecule has 33 heavy (non-hydrogen) atoms. The van der Waals surface area contributed by atoms with Crippen molar-refractivity contribution in [3.63, 3.8) is 0 Å². The van der Waals surface area contributed by atoms with E-state index in [1.165, 1.54) is 36.4 Å². The minimum atomic E-state index is -4.83. The number of alkyl halides is 3. The van der Waals surface area contributed by atoms with E-state index < -0.39 is 29.7 Å². The van der Waals surface area contributed by atoms with Crippen molar-refractivity contribution < 1.29 is 31.9 Å². The third kappa shape index (κ3) is 5.03. The Hall–Kier alpha value is -4.14. The lowest BCUT2D eigenvalue weighted by atomic mass is 10.0. The molecule has 9 heteroatoms. The van der Waals surface area contributed by atoms with Crippen LogP contribution in [0.1, 0.15) is 11.1 Å². The van der Waals surface area contributed by atoms with Crippen LogP contribution in [0.5, 0.6) is 5.75 Å². The zero-order valence-electron chi connectivity index (χ0n) is 16.9. The van der Waals surface area contributed by atoms with Gasteiger partial charge < -0.3 is 10.1 Å². The summed E-state index contributed by atoms with van der Waals surface area (Å²) in [5.41, 5.74) is 1.45. The number of nitrogens with one attached hydrogen (secondary N) is 1. The molecule has 0 bridgehead atoms. The summed E-state index contributed by atoms with van der Waals surface area (Å²) in [4.78, 5) is 27.4. The van der Waals surface area contributed by atoms with Crippen LogP contribution in [0.15, 0.2) is 84.6 Å². The molecule has 0 fully saturated rings. The van der Waals surface area contributed by atoms with Gasteiger partial charge in [-0.3, -0.25) is 14.5 Å². The SMILES string of the molecule is O=C1C(Nc2ccc(OC(F)(F)F)cc2)=C(c2ccccc2)C(=O)N1Cc1ccc(F)cc1. The minimum absolute atomic E-state index is 0.0159. The average Bonchev–Trinajstić information content (AvgIpc) is 3.00. The van der Waals surface area contributed by atoms with Crippen LogP contribution in [0, 0.1) is 5.82 Å². The van der Waals surface area contributed by atoms with Crippen molar-refractivity contribution in [2.24, 2.45) is 0 Å². The van der Waals surface area contributed by atoms with Gasteiger partial charge in [-0.25, -0.2) is 4.39 Å². The predicted molar refractivity (Wildman–Crippen MR) is 112 cm³/mol. The highest BCUT2D eigenvalue weighted by atomic mass is 19.4. The van der Waals surface area contributed by atoms with Crippen LogP contribution in [0.2, 0.25) is 0 Å². The third-order valence-corrected chi connectivity index (χ3v) is 4.84. The van der Waals surface area contributed by atoms with Crippen LogP contribution in [-0.2, 0) is 16.1 Å². The second-order valence-corrected chi connectivity index (χ2v) is 7.14. The van der Waals surface area contributed by atoms with Crippen molar-refractivity contribution in [1.82, 2.24) is 4.90 Å². The Morgan fingerprint density at radius 2 is 1.45 bits per heavy atom. The van der Waals surface area contributed by atoms with E-state index in [4.69, 9.17) is 0 Å². The maximum atomic E-state index is 13.2. The molecule has 0 aliphatic carbocycles. The molecule has 0 spiro atoms. The topological polar surface area (TPSA) is 58.6 Å². The van der Waals surface area contributed by atoms with Crippen LogP contribution in [-0.4, -0.2) is 23.1 Å². The number of benzene rings is 3. The molecule has 1 heterocycles. The number of imide groups is 1. The van der Waals surface area contributed by atoms with E-state index in [9.17, 15) is 27.2 Å². The minimum Gasteiger partial charge on any atom is -0.406 e. The lowest BCUT2D eigenvalue weighted by Crippen LogP contribution is -2.32. The second-order valence-electron chi connectivity index (χ2n) is 7.14. The quantitative estimate of drug-likeness (QED) is 0.414. The van der Waals surface area contributed by atoms with E-state index in [2.05, 4.69) is 10.1 Å². The fraction of sp³-hybridized carbons (Fsp3) is 0.0833. The van der Waals surface area contributed by atoms with Crippen molar-refractivity contribution in [2.75, 3.05) is 5.32 Å². The summed E-state index contributed by atoms with van der Waals surface area (Å²) in [6, 6.07) is 18.7. The molecule has 0 aromatic heterocycles. The van der Waals surface area contributed by atoms with Crippen molar-refractivity contribution in [3.8, 4) is 5.75 Å². The lowest BCUT2D eigenvalue weighted by Gasteiger charge is -2.15. The van der Waals surface area contributed by atoms with Gasteiger partial charge in [0.15, 0.2) is 0 Å². The van der Waals surface area contributed by atoms with Gasteiger partial charge in [-0.2, -0.15) is 0 Å². The van der Waals surface area contributed by atoms with Gasteiger partial charge >= 0.3 is 6.36 Å². The zero-order valence-corrected chi connectivity index (χ0v) is 16.9. The highest BCUT2D eigenvalue weighted by Crippen LogP contribution is 2.32. The molecular formula is C24H16F4N2O3. The Balaban J connectivity index is 1.65. The highest BCUT2D eigenvalue weighted by Gasteiger charge is 2.39. The van der Waals surface area contributed by atoms with Crippen molar-refractivity contribution in [2.45, 2.75) is 12.9 Å². The highest BCUT2D eigenvalue weighted by molar-refractivity contribution is 6.36. The van der Waals surface area contributed by atoms with Crippen molar-refractivity contribution >= 4 is 23.1 Å². The van der Waals surface area contributed by atoms with Crippen molar-refractivity contribution in [1.29, 1.82) is 0 Å². The normalized spacial score (nSPS) is 14.1. The maximum Gasteiger partial charge on any atom is 0.573 e. The summed E-state index contributed by atoms with van der Waals surface area (Å²) >= 11 is 0. The molecule has 1 N–H and O–H groups in total. The number of anilines is 1. The number of halogens is 4. The van der Waals surface area contributed by atoms with E-state index in [1.807, 2.05) is 0 Å². The Morgan fingerprint density at radius 3 is 2.06 bits per heavy atom. The molecule has 0 saturated carbocycles. The van der Waals surface area contributed by atoms with Crippen LogP contribution in [0.4, 0.5) is 23.2 Å². The van der Waals surface area contributed by atoms with Gasteiger partial charge in [-0.1, -0.05) is 42.5 Å². The summed E-state index contributed by atoms with van der Waals surface area (Å²) in [5, 5.41) is 2.86. The molecular weight excluding hydrogens is 440 g/mol. The Morgan fingerprint density at radius 1 is 0.818 bits per heavy atom. The number of nitrogens with zero attached hydrogens (tertiary/aromatic N) is 1. The fourth-order valence-corrected chi connectivity index (χ4v) is 3.36. The van der Waals surface area contributed by atoms with E-state index in [1.54, 1.807) is 30.3 Å². The van der Waals surface area contributed by atoms with Crippen LogP contribution in [0.3, 0.4) is 0 Å². The molecule has 3 aromatic carbocycles. The van der Waals surface area contributed by atoms with Gasteiger partial charge in [0.1, 0.15) is 17.3 Å². The smallest absolute Gasteiger partial charge is 0.406 e. The third-order valence-electron chi connectivity index (χ3n) is 4.84. The fourth-order valence-electron chi connectivity index (χ4n) is 3.36. The number of amides is 2. The van der Waals surface area contributed by atoms with Gasteiger partial charge in [0.25, 0.3) is 11.8 Å². The monoisotopic (exact) mass is 456 g/mol. The summed E-state index contributed by atoms with van der Waals surface area (Å²) < 4.78 is 54.3. The standard InChI is InChI=1S/C24H16F4N2O3/c25-17-8-6-15(7-9-17)14-30-22(31)20(16-4-2-1-3-5-16)21(23(30)32)29-18-10-12-19(13-11-18)33-24(26,27)28/h1-13,29H,14H2. The van der Waals surface area contributed by atoms with Gasteiger partial charge in [0, 0.05) is 5.69 Å². The number of hydrogen-bond donors (Lipinski definition) is 1. The molecule has 4 rings (SSSR count). The number of ether oxygens (including phenoxy) is 1.